The van der Waals surface area contributed by atoms with Crippen molar-refractivity contribution >= 4 is 35.5 Å². The summed E-state index contributed by atoms with van der Waals surface area (Å²) in [4.78, 5) is 76.4. The number of aliphatic hydroxyl groups excluding tert-OH is 2. The third-order valence-electron chi connectivity index (χ3n) is 8.13. The maximum absolute atomic E-state index is 13.5. The lowest BCUT2D eigenvalue weighted by Gasteiger charge is -2.31. The van der Waals surface area contributed by atoms with Crippen LogP contribution in [0.5, 0.6) is 0 Å². The second kappa shape index (κ2) is 20.7. The molecule has 49 heavy (non-hydrogen) atoms. The van der Waals surface area contributed by atoms with Gasteiger partial charge in [-0.05, 0) is 43.4 Å². The van der Waals surface area contributed by atoms with Gasteiger partial charge in [-0.2, -0.15) is 0 Å². The summed E-state index contributed by atoms with van der Waals surface area (Å²) in [5.74, 6) is -5.00. The molecule has 0 heterocycles. The number of aliphatic hydroxyl groups is 2. The Morgan fingerprint density at radius 1 is 0.592 bits per heavy atom. The number of carbonyl (C=O) groups excluding carboxylic acids is 5. The number of nitrogens with one attached hydrogen (secondary N) is 5. The fourth-order valence-corrected chi connectivity index (χ4v) is 5.41. The van der Waals surface area contributed by atoms with Crippen LogP contribution in [0.2, 0.25) is 0 Å². The standard InChI is InChI=1S/C35H59N5O9/c1-18(2)14-24(26(41)16-28(43)36-22(9)32(46)37-25(15-19(3)4)27(42)17-29(44)45)38-34(48)30(20(5)6)40-35(49)31(21(7)8)39-33(47)23-12-10-11-13-23/h10-13,18-27,30-31,41-42H,14-17H2,1-9H3,(H,36,43)(H,37,46)(H,38,48)(H,39,47)(H,40,49)(H,44,45)/t22-,24-,25-,26-,27-,30-,31-/m0/s1. The van der Waals surface area contributed by atoms with Crippen LogP contribution in [0.3, 0.4) is 0 Å². The molecule has 14 nitrogen and oxygen atoms in total. The van der Waals surface area contributed by atoms with Gasteiger partial charge >= 0.3 is 5.97 Å². The van der Waals surface area contributed by atoms with Crippen LogP contribution in [-0.2, 0) is 28.8 Å². The van der Waals surface area contributed by atoms with E-state index in [1.54, 1.807) is 52.0 Å². The Labute approximate surface area is 290 Å². The number of hydrogen-bond acceptors (Lipinski definition) is 8. The predicted molar refractivity (Wildman–Crippen MR) is 185 cm³/mol. The predicted octanol–water partition coefficient (Wildman–Crippen LogP) is 1.16. The third kappa shape index (κ3) is 15.5. The monoisotopic (exact) mass is 693 g/mol. The van der Waals surface area contributed by atoms with Crippen LogP contribution in [-0.4, -0.2) is 93.2 Å². The minimum absolute atomic E-state index is 0.00847. The number of hydrogen-bond donors (Lipinski definition) is 8. The molecule has 0 bridgehead atoms. The average Bonchev–Trinajstić information content (AvgIpc) is 3.51. The molecule has 1 aliphatic rings. The van der Waals surface area contributed by atoms with Crippen LogP contribution in [0.15, 0.2) is 24.3 Å². The number of allylic oxidation sites excluding steroid dienone is 2. The summed E-state index contributed by atoms with van der Waals surface area (Å²) < 4.78 is 0. The highest BCUT2D eigenvalue weighted by Gasteiger charge is 2.34. The van der Waals surface area contributed by atoms with E-state index in [-0.39, 0.29) is 29.6 Å². The summed E-state index contributed by atoms with van der Waals surface area (Å²) >= 11 is 0. The van der Waals surface area contributed by atoms with Crippen molar-refractivity contribution in [3.63, 3.8) is 0 Å². The van der Waals surface area contributed by atoms with Gasteiger partial charge in [0, 0.05) is 0 Å². The molecule has 0 saturated carbocycles. The van der Waals surface area contributed by atoms with Gasteiger partial charge in [-0.25, -0.2) is 0 Å². The summed E-state index contributed by atoms with van der Waals surface area (Å²) in [6.07, 6.45) is 3.88. The van der Waals surface area contributed by atoms with E-state index in [0.29, 0.717) is 12.8 Å². The minimum atomic E-state index is -1.34. The molecule has 1 aliphatic carbocycles. The Kier molecular flexibility index (Phi) is 18.2. The van der Waals surface area contributed by atoms with Gasteiger partial charge in [0.2, 0.25) is 29.5 Å². The zero-order chi connectivity index (χ0) is 37.6. The molecular formula is C35H59N5O9. The smallest absolute Gasteiger partial charge is 0.306 e. The lowest BCUT2D eigenvalue weighted by atomic mass is 9.95. The first-order valence-electron chi connectivity index (χ1n) is 17.2. The average molecular weight is 694 g/mol. The third-order valence-corrected chi connectivity index (χ3v) is 8.13. The van der Waals surface area contributed by atoms with Crippen molar-refractivity contribution in [1.29, 1.82) is 0 Å². The van der Waals surface area contributed by atoms with Gasteiger partial charge in [0.25, 0.3) is 0 Å². The van der Waals surface area contributed by atoms with E-state index in [4.69, 9.17) is 5.11 Å². The fourth-order valence-electron chi connectivity index (χ4n) is 5.41. The molecule has 0 unspecified atom stereocenters. The normalized spacial score (nSPS) is 17.3. The van der Waals surface area contributed by atoms with E-state index in [2.05, 4.69) is 26.6 Å². The van der Waals surface area contributed by atoms with Crippen LogP contribution in [0.4, 0.5) is 0 Å². The molecule has 7 atom stereocenters. The molecule has 0 aromatic carbocycles. The van der Waals surface area contributed by atoms with Crippen molar-refractivity contribution in [3.8, 4) is 0 Å². The van der Waals surface area contributed by atoms with Gasteiger partial charge in [-0.1, -0.05) is 79.7 Å². The lowest BCUT2D eigenvalue weighted by Crippen LogP contribution is -2.59. The molecule has 0 radical (unpaired) electrons. The van der Waals surface area contributed by atoms with E-state index < -0.39 is 90.8 Å². The van der Waals surface area contributed by atoms with Crippen molar-refractivity contribution in [2.75, 3.05) is 0 Å². The van der Waals surface area contributed by atoms with Crippen molar-refractivity contribution in [3.05, 3.63) is 24.3 Å². The molecule has 8 N–H and O–H groups in total. The van der Waals surface area contributed by atoms with Crippen LogP contribution >= 0.6 is 0 Å². The Hall–Kier alpha value is -3.78. The Balaban J connectivity index is 2.94. The van der Waals surface area contributed by atoms with E-state index in [1.165, 1.54) is 6.92 Å². The molecule has 0 aromatic rings. The lowest BCUT2D eigenvalue weighted by molar-refractivity contribution is -0.140. The highest BCUT2D eigenvalue weighted by Crippen LogP contribution is 2.15. The van der Waals surface area contributed by atoms with Crippen LogP contribution in [0, 0.1) is 29.6 Å². The maximum atomic E-state index is 13.5. The second-order valence-electron chi connectivity index (χ2n) is 14.5. The van der Waals surface area contributed by atoms with Crippen molar-refractivity contribution < 1.29 is 44.1 Å². The molecule has 0 saturated heterocycles. The van der Waals surface area contributed by atoms with Gasteiger partial charge in [0.05, 0.1) is 43.1 Å². The molecule has 5 amide bonds. The molecule has 0 fully saturated rings. The summed E-state index contributed by atoms with van der Waals surface area (Å²) in [6, 6.07) is -4.69. The van der Waals surface area contributed by atoms with Gasteiger partial charge < -0.3 is 41.9 Å². The highest BCUT2D eigenvalue weighted by molar-refractivity contribution is 5.93. The zero-order valence-corrected chi connectivity index (χ0v) is 30.4. The number of rotatable bonds is 21. The number of carboxylic acids is 1. The van der Waals surface area contributed by atoms with Crippen molar-refractivity contribution in [1.82, 2.24) is 26.6 Å². The van der Waals surface area contributed by atoms with Gasteiger partial charge in [-0.15, -0.1) is 0 Å². The highest BCUT2D eigenvalue weighted by atomic mass is 16.4. The van der Waals surface area contributed by atoms with E-state index in [9.17, 15) is 39.0 Å². The summed E-state index contributed by atoms with van der Waals surface area (Å²) in [7, 11) is 0. The first kappa shape index (κ1) is 43.2. The van der Waals surface area contributed by atoms with Crippen molar-refractivity contribution in [2.24, 2.45) is 29.6 Å². The molecule has 14 heteroatoms. The Morgan fingerprint density at radius 3 is 1.47 bits per heavy atom. The molecule has 1 rings (SSSR count). The molecule has 0 spiro atoms. The number of amides is 5. The quantitative estimate of drug-likeness (QED) is 0.0863. The van der Waals surface area contributed by atoms with Crippen LogP contribution in [0.1, 0.15) is 88.0 Å². The minimum Gasteiger partial charge on any atom is -0.481 e. The SMILES string of the molecule is CC(C)C[C@H](NC(=O)[C@H](C)NC(=O)C[C@H](O)[C@H](CC(C)C)NC(=O)[C@@H](NC(=O)[C@@H](NC(=O)C1C=CC=C1)C(C)C)C(C)C)[C@@H](O)CC(=O)O. The van der Waals surface area contributed by atoms with E-state index in [0.717, 1.165) is 0 Å². The van der Waals surface area contributed by atoms with E-state index >= 15 is 0 Å². The number of carboxylic acid groups (broad SMARTS) is 1. The van der Waals surface area contributed by atoms with Gasteiger partial charge in [0.15, 0.2) is 0 Å². The van der Waals surface area contributed by atoms with Crippen LogP contribution in [0.25, 0.3) is 0 Å². The summed E-state index contributed by atoms with van der Waals surface area (Å²) in [5.41, 5.74) is 0. The maximum Gasteiger partial charge on any atom is 0.306 e. The first-order valence-corrected chi connectivity index (χ1v) is 17.2. The van der Waals surface area contributed by atoms with Crippen molar-refractivity contribution in [2.45, 2.75) is 130 Å². The molecule has 0 aromatic heterocycles. The second-order valence-corrected chi connectivity index (χ2v) is 14.5. The topological polar surface area (TPSA) is 223 Å². The molecule has 0 aliphatic heterocycles. The Morgan fingerprint density at radius 2 is 1.02 bits per heavy atom. The Bertz CT molecular complexity index is 1190. The number of aliphatic carboxylic acids is 1. The zero-order valence-electron chi connectivity index (χ0n) is 30.4. The van der Waals surface area contributed by atoms with Crippen LogP contribution < -0.4 is 26.6 Å². The van der Waals surface area contributed by atoms with Gasteiger partial charge in [0.1, 0.15) is 18.1 Å². The molecule has 278 valence electrons. The van der Waals surface area contributed by atoms with Gasteiger partial charge in [-0.3, -0.25) is 28.8 Å². The summed E-state index contributed by atoms with van der Waals surface area (Å²) in [5, 5.41) is 43.9. The number of carbonyl (C=O) groups is 6. The van der Waals surface area contributed by atoms with E-state index in [1.807, 2.05) is 27.7 Å². The largest absolute Gasteiger partial charge is 0.481 e. The fraction of sp³-hybridized carbons (Fsp3) is 0.714. The molecular weight excluding hydrogens is 634 g/mol. The summed E-state index contributed by atoms with van der Waals surface area (Å²) in [6.45, 7) is 16.0. The first-order chi connectivity index (χ1) is 22.7.